The van der Waals surface area contributed by atoms with Gasteiger partial charge in [-0.3, -0.25) is 0 Å². The van der Waals surface area contributed by atoms with Crippen molar-refractivity contribution in [3.63, 3.8) is 0 Å². The minimum Gasteiger partial charge on any atom is -0.235 e. The highest BCUT2D eigenvalue weighted by Gasteiger charge is 2.13. The van der Waals surface area contributed by atoms with Crippen molar-refractivity contribution in [3.05, 3.63) is 152 Å². The molecule has 3 nitrogen and oxygen atoms in total. The third-order valence-electron chi connectivity index (χ3n) is 7.71. The second kappa shape index (κ2) is 10.8. The van der Waals surface area contributed by atoms with E-state index in [1.807, 2.05) is 42.5 Å². The van der Waals surface area contributed by atoms with Crippen molar-refractivity contribution < 1.29 is 0 Å². The summed E-state index contributed by atoms with van der Waals surface area (Å²) in [5.74, 6) is 0.721. The first-order valence-electron chi connectivity index (χ1n) is 14.3. The molecule has 0 aliphatic heterocycles. The summed E-state index contributed by atoms with van der Waals surface area (Å²) in [4.78, 5) is 15.0. The second-order valence-electron chi connectivity index (χ2n) is 10.5. The molecule has 0 aliphatic rings. The summed E-state index contributed by atoms with van der Waals surface area (Å²) in [6, 6.07) is 52.7. The van der Waals surface area contributed by atoms with E-state index in [1.165, 1.54) is 10.1 Å². The van der Waals surface area contributed by atoms with Crippen LogP contribution in [0.1, 0.15) is 0 Å². The van der Waals surface area contributed by atoms with Gasteiger partial charge in [-0.1, -0.05) is 127 Å². The van der Waals surface area contributed by atoms with Gasteiger partial charge in [0, 0.05) is 27.8 Å². The fraction of sp³-hybridized carbons (Fsp3) is 0. The third-order valence-corrected chi connectivity index (χ3v) is 8.78. The van der Waals surface area contributed by atoms with Gasteiger partial charge >= 0.3 is 0 Å². The molecule has 0 spiro atoms. The zero-order valence-corrected chi connectivity index (χ0v) is 24.0. The van der Waals surface area contributed by atoms with E-state index in [1.54, 1.807) is 11.3 Å². The van der Waals surface area contributed by atoms with Gasteiger partial charge < -0.3 is 0 Å². The van der Waals surface area contributed by atoms with Crippen molar-refractivity contribution in [1.29, 1.82) is 0 Å². The summed E-state index contributed by atoms with van der Waals surface area (Å²) < 4.78 is 1.19. The first-order chi connectivity index (χ1) is 21.3. The normalized spacial score (nSPS) is 11.3. The van der Waals surface area contributed by atoms with Gasteiger partial charge in [0.2, 0.25) is 0 Å². The molecule has 2 heterocycles. The number of rotatable bonds is 5. The van der Waals surface area contributed by atoms with Gasteiger partial charge in [-0.25, -0.2) is 15.0 Å². The average molecular weight is 568 g/mol. The van der Waals surface area contributed by atoms with Crippen LogP contribution in [0.5, 0.6) is 0 Å². The Morgan fingerprint density at radius 1 is 0.395 bits per heavy atom. The summed E-state index contributed by atoms with van der Waals surface area (Å²) in [6.07, 6.45) is 0. The summed E-state index contributed by atoms with van der Waals surface area (Å²) >= 11 is 1.74. The Morgan fingerprint density at radius 2 is 0.977 bits per heavy atom. The Labute approximate surface area is 253 Å². The number of para-hydroxylation sites is 1. The largest absolute Gasteiger partial charge is 0.235 e. The minimum absolute atomic E-state index is 0.721. The lowest BCUT2D eigenvalue weighted by Crippen LogP contribution is -1.95. The first kappa shape index (κ1) is 25.3. The smallest absolute Gasteiger partial charge is 0.160 e. The van der Waals surface area contributed by atoms with Gasteiger partial charge in [0.25, 0.3) is 0 Å². The van der Waals surface area contributed by atoms with Crippen molar-refractivity contribution in [2.24, 2.45) is 0 Å². The van der Waals surface area contributed by atoms with Crippen LogP contribution in [-0.4, -0.2) is 15.0 Å². The van der Waals surface area contributed by atoms with Crippen LogP contribution in [0.15, 0.2) is 152 Å². The molecule has 6 aromatic carbocycles. The van der Waals surface area contributed by atoms with Crippen LogP contribution in [0.25, 0.3) is 76.6 Å². The van der Waals surface area contributed by atoms with Crippen LogP contribution in [-0.2, 0) is 0 Å². The van der Waals surface area contributed by atoms with Crippen molar-refractivity contribution >= 4 is 32.3 Å². The topological polar surface area (TPSA) is 38.7 Å². The zero-order valence-electron chi connectivity index (χ0n) is 23.2. The predicted octanol–water partition coefficient (Wildman–Crippen LogP) is 10.6. The highest BCUT2D eigenvalue weighted by Crippen LogP contribution is 2.37. The number of benzene rings is 6. The molecule has 4 heteroatoms. The molecule has 0 amide bonds. The van der Waals surface area contributed by atoms with Gasteiger partial charge in [-0.2, -0.15) is 0 Å². The van der Waals surface area contributed by atoms with Crippen LogP contribution in [0, 0.1) is 0 Å². The van der Waals surface area contributed by atoms with Gasteiger partial charge in [-0.05, 0) is 40.6 Å². The van der Waals surface area contributed by atoms with Crippen molar-refractivity contribution in [1.82, 2.24) is 15.0 Å². The highest BCUT2D eigenvalue weighted by molar-refractivity contribution is 7.21. The molecule has 8 aromatic rings. The van der Waals surface area contributed by atoms with E-state index in [0.717, 1.165) is 66.5 Å². The standard InChI is InChI=1S/C39H25N3S/c1-4-11-26(12-5-1)34-25-35(41-38(40-34)27-13-6-2-7-14-27)32-22-20-29-23-31(21-19-30(29)24-32)33-17-10-18-36-37(33)42-39(43-36)28-15-8-3-9-16-28/h1-25H. The van der Waals surface area contributed by atoms with Crippen molar-refractivity contribution in [2.45, 2.75) is 0 Å². The van der Waals surface area contributed by atoms with Crippen molar-refractivity contribution in [2.75, 3.05) is 0 Å². The maximum atomic E-state index is 5.06. The van der Waals surface area contributed by atoms with E-state index in [2.05, 4.69) is 109 Å². The fourth-order valence-corrected chi connectivity index (χ4v) is 6.52. The molecular formula is C39H25N3S. The molecular weight excluding hydrogens is 543 g/mol. The van der Waals surface area contributed by atoms with E-state index in [-0.39, 0.29) is 0 Å². The fourth-order valence-electron chi connectivity index (χ4n) is 5.53. The third kappa shape index (κ3) is 4.88. The SMILES string of the molecule is c1ccc(-c2cc(-c3ccc4cc(-c5cccc6sc(-c7ccccc7)nc56)ccc4c3)nc(-c3ccccc3)n2)cc1. The first-order valence-corrected chi connectivity index (χ1v) is 15.1. The van der Waals surface area contributed by atoms with Crippen LogP contribution >= 0.6 is 11.3 Å². The molecule has 0 saturated carbocycles. The van der Waals surface area contributed by atoms with Crippen LogP contribution < -0.4 is 0 Å². The number of nitrogens with zero attached hydrogens (tertiary/aromatic N) is 3. The number of hydrogen-bond donors (Lipinski definition) is 0. The average Bonchev–Trinajstić information content (AvgIpc) is 3.54. The van der Waals surface area contributed by atoms with E-state index in [0.29, 0.717) is 0 Å². The van der Waals surface area contributed by atoms with Crippen LogP contribution in [0.2, 0.25) is 0 Å². The predicted molar refractivity (Wildman–Crippen MR) is 180 cm³/mol. The summed E-state index contributed by atoms with van der Waals surface area (Å²) in [5, 5.41) is 3.39. The summed E-state index contributed by atoms with van der Waals surface area (Å²) in [7, 11) is 0. The molecule has 2 aromatic heterocycles. The molecule has 0 radical (unpaired) electrons. The van der Waals surface area contributed by atoms with E-state index < -0.39 is 0 Å². The lowest BCUT2D eigenvalue weighted by molar-refractivity contribution is 1.18. The molecule has 202 valence electrons. The lowest BCUT2D eigenvalue weighted by Gasteiger charge is -2.11. The Morgan fingerprint density at radius 3 is 1.67 bits per heavy atom. The maximum Gasteiger partial charge on any atom is 0.160 e. The Balaban J connectivity index is 1.20. The van der Waals surface area contributed by atoms with Gasteiger partial charge in [0.15, 0.2) is 5.82 Å². The van der Waals surface area contributed by atoms with Crippen LogP contribution in [0.3, 0.4) is 0 Å². The molecule has 0 fully saturated rings. The zero-order chi connectivity index (χ0) is 28.6. The molecule has 0 saturated heterocycles. The monoisotopic (exact) mass is 567 g/mol. The maximum absolute atomic E-state index is 5.06. The summed E-state index contributed by atoms with van der Waals surface area (Å²) in [6.45, 7) is 0. The summed E-state index contributed by atoms with van der Waals surface area (Å²) in [5.41, 5.74) is 9.45. The van der Waals surface area contributed by atoms with Gasteiger partial charge in [-0.15, -0.1) is 11.3 Å². The Bertz CT molecular complexity index is 2170. The molecule has 0 unspecified atom stereocenters. The number of aromatic nitrogens is 3. The molecule has 0 N–H and O–H groups in total. The number of thiazole rings is 1. The van der Waals surface area contributed by atoms with Gasteiger partial charge in [0.05, 0.1) is 21.6 Å². The van der Waals surface area contributed by atoms with Crippen LogP contribution in [0.4, 0.5) is 0 Å². The Kier molecular flexibility index (Phi) is 6.32. The molecule has 8 rings (SSSR count). The van der Waals surface area contributed by atoms with E-state index in [4.69, 9.17) is 15.0 Å². The quantitative estimate of drug-likeness (QED) is 0.208. The van der Waals surface area contributed by atoms with Gasteiger partial charge in [0.1, 0.15) is 5.01 Å². The molecule has 0 bridgehead atoms. The minimum atomic E-state index is 0.721. The second-order valence-corrected chi connectivity index (χ2v) is 11.5. The Hall–Kier alpha value is -5.45. The molecule has 0 atom stereocenters. The van der Waals surface area contributed by atoms with Crippen molar-refractivity contribution in [3.8, 4) is 55.6 Å². The number of fused-ring (bicyclic) bond motifs is 2. The van der Waals surface area contributed by atoms with E-state index >= 15 is 0 Å². The molecule has 43 heavy (non-hydrogen) atoms. The number of hydrogen-bond acceptors (Lipinski definition) is 4. The van der Waals surface area contributed by atoms with E-state index in [9.17, 15) is 0 Å². The molecule has 0 aliphatic carbocycles. The lowest BCUT2D eigenvalue weighted by atomic mass is 9.98. The highest BCUT2D eigenvalue weighted by atomic mass is 32.1.